The van der Waals surface area contributed by atoms with Crippen molar-refractivity contribution in [3.05, 3.63) is 47.1 Å². The number of rotatable bonds is 4. The molecule has 0 amide bonds. The van der Waals surface area contributed by atoms with Gasteiger partial charge in [0.05, 0.1) is 6.20 Å². The van der Waals surface area contributed by atoms with Gasteiger partial charge in [-0.25, -0.2) is 4.98 Å². The van der Waals surface area contributed by atoms with Crippen LogP contribution >= 0.6 is 11.6 Å². The standard InChI is InChI=1S/C15H17ClN2O2/c1-10-12(16)3-2-4-13(10)20-14(11-5-6-17-9-11)15-18-7-8-19-15/h2-4,7-8,11,14,17H,5-6,9H2,1H3/t11?,14-/m0/s1. The lowest BCUT2D eigenvalue weighted by Crippen LogP contribution is -2.22. The number of halogens is 1. The Balaban J connectivity index is 1.88. The van der Waals surface area contributed by atoms with Crippen LogP contribution in [0.4, 0.5) is 0 Å². The molecule has 1 aromatic heterocycles. The summed E-state index contributed by atoms with van der Waals surface area (Å²) in [5, 5.41) is 4.06. The van der Waals surface area contributed by atoms with E-state index in [1.807, 2.05) is 25.1 Å². The van der Waals surface area contributed by atoms with Gasteiger partial charge >= 0.3 is 0 Å². The van der Waals surface area contributed by atoms with Crippen LogP contribution in [0.2, 0.25) is 5.02 Å². The summed E-state index contributed by atoms with van der Waals surface area (Å²) in [4.78, 5) is 4.26. The maximum atomic E-state index is 6.17. The molecule has 2 atom stereocenters. The van der Waals surface area contributed by atoms with Crippen molar-refractivity contribution in [3.63, 3.8) is 0 Å². The molecule has 1 aliphatic heterocycles. The van der Waals surface area contributed by atoms with Crippen molar-refractivity contribution in [2.75, 3.05) is 13.1 Å². The first-order valence-corrected chi connectivity index (χ1v) is 7.15. The third-order valence-electron chi connectivity index (χ3n) is 3.69. The van der Waals surface area contributed by atoms with Gasteiger partial charge in [0.15, 0.2) is 6.10 Å². The Labute approximate surface area is 123 Å². The molecule has 0 aliphatic carbocycles. The van der Waals surface area contributed by atoms with Gasteiger partial charge in [0.1, 0.15) is 12.0 Å². The van der Waals surface area contributed by atoms with E-state index in [1.165, 1.54) is 0 Å². The van der Waals surface area contributed by atoms with Crippen LogP contribution in [-0.4, -0.2) is 18.1 Å². The monoisotopic (exact) mass is 292 g/mol. The Morgan fingerprint density at radius 3 is 3.10 bits per heavy atom. The molecule has 1 aliphatic rings. The van der Waals surface area contributed by atoms with Crippen LogP contribution in [0.3, 0.4) is 0 Å². The predicted molar refractivity (Wildman–Crippen MR) is 77.0 cm³/mol. The normalized spacial score (nSPS) is 20.0. The van der Waals surface area contributed by atoms with E-state index in [2.05, 4.69) is 10.3 Å². The van der Waals surface area contributed by atoms with Gasteiger partial charge < -0.3 is 14.5 Å². The molecule has 1 fully saturated rings. The number of hydrogen-bond donors (Lipinski definition) is 1. The van der Waals surface area contributed by atoms with E-state index in [0.29, 0.717) is 16.8 Å². The molecule has 1 N–H and O–H groups in total. The summed E-state index contributed by atoms with van der Waals surface area (Å²) < 4.78 is 11.6. The molecule has 0 spiro atoms. The minimum Gasteiger partial charge on any atom is -0.480 e. The van der Waals surface area contributed by atoms with Crippen molar-refractivity contribution in [2.24, 2.45) is 5.92 Å². The molecular formula is C15H17ClN2O2. The third-order valence-corrected chi connectivity index (χ3v) is 4.10. The van der Waals surface area contributed by atoms with Crippen LogP contribution in [0.15, 0.2) is 35.1 Å². The van der Waals surface area contributed by atoms with Gasteiger partial charge in [0.25, 0.3) is 0 Å². The zero-order valence-electron chi connectivity index (χ0n) is 11.3. The van der Waals surface area contributed by atoms with Crippen molar-refractivity contribution in [2.45, 2.75) is 19.4 Å². The van der Waals surface area contributed by atoms with Crippen molar-refractivity contribution in [3.8, 4) is 5.75 Å². The molecule has 2 aromatic rings. The number of aromatic nitrogens is 1. The van der Waals surface area contributed by atoms with E-state index < -0.39 is 0 Å². The first-order valence-electron chi connectivity index (χ1n) is 6.77. The lowest BCUT2D eigenvalue weighted by atomic mass is 10.0. The zero-order valence-corrected chi connectivity index (χ0v) is 12.1. The van der Waals surface area contributed by atoms with Crippen LogP contribution in [0.25, 0.3) is 0 Å². The second kappa shape index (κ2) is 5.85. The average molecular weight is 293 g/mol. The first-order chi connectivity index (χ1) is 9.75. The summed E-state index contributed by atoms with van der Waals surface area (Å²) in [6, 6.07) is 5.69. The van der Waals surface area contributed by atoms with E-state index >= 15 is 0 Å². The molecule has 1 unspecified atom stereocenters. The van der Waals surface area contributed by atoms with Crippen LogP contribution in [0.5, 0.6) is 5.75 Å². The Bertz CT molecular complexity index is 565. The molecule has 3 rings (SSSR count). The number of ether oxygens (including phenoxy) is 1. The highest BCUT2D eigenvalue weighted by atomic mass is 35.5. The molecule has 5 heteroatoms. The second-order valence-electron chi connectivity index (χ2n) is 5.02. The van der Waals surface area contributed by atoms with Crippen molar-refractivity contribution in [1.82, 2.24) is 10.3 Å². The van der Waals surface area contributed by atoms with Gasteiger partial charge in [-0.1, -0.05) is 17.7 Å². The number of nitrogens with one attached hydrogen (secondary N) is 1. The van der Waals surface area contributed by atoms with E-state index in [9.17, 15) is 0 Å². The fourth-order valence-electron chi connectivity index (χ4n) is 2.51. The van der Waals surface area contributed by atoms with Gasteiger partial charge in [-0.15, -0.1) is 0 Å². The average Bonchev–Trinajstić information content (AvgIpc) is 3.13. The summed E-state index contributed by atoms with van der Waals surface area (Å²) in [6.07, 6.45) is 4.10. The molecule has 1 aromatic carbocycles. The zero-order chi connectivity index (χ0) is 13.9. The summed E-state index contributed by atoms with van der Waals surface area (Å²) in [6.45, 7) is 3.86. The van der Waals surface area contributed by atoms with E-state index in [0.717, 1.165) is 30.8 Å². The number of oxazole rings is 1. The molecule has 20 heavy (non-hydrogen) atoms. The highest BCUT2D eigenvalue weighted by molar-refractivity contribution is 6.31. The number of nitrogens with zero attached hydrogens (tertiary/aromatic N) is 1. The maximum Gasteiger partial charge on any atom is 0.235 e. The molecule has 106 valence electrons. The summed E-state index contributed by atoms with van der Waals surface area (Å²) >= 11 is 6.15. The summed E-state index contributed by atoms with van der Waals surface area (Å²) in [5.74, 6) is 1.76. The lowest BCUT2D eigenvalue weighted by molar-refractivity contribution is 0.113. The SMILES string of the molecule is Cc1c(Cl)cccc1O[C@H](c1ncco1)C1CCNC1. The molecule has 0 bridgehead atoms. The largest absolute Gasteiger partial charge is 0.480 e. The van der Waals surface area contributed by atoms with E-state index in [-0.39, 0.29) is 6.10 Å². The molecule has 0 radical (unpaired) electrons. The van der Waals surface area contributed by atoms with Crippen molar-refractivity contribution in [1.29, 1.82) is 0 Å². The van der Waals surface area contributed by atoms with Gasteiger partial charge in [-0.3, -0.25) is 0 Å². The highest BCUT2D eigenvalue weighted by Gasteiger charge is 2.31. The lowest BCUT2D eigenvalue weighted by Gasteiger charge is -2.22. The summed E-state index contributed by atoms with van der Waals surface area (Å²) in [5.41, 5.74) is 0.941. The van der Waals surface area contributed by atoms with E-state index in [4.69, 9.17) is 20.8 Å². The summed E-state index contributed by atoms with van der Waals surface area (Å²) in [7, 11) is 0. The minimum absolute atomic E-state index is 0.183. The quantitative estimate of drug-likeness (QED) is 0.938. The molecule has 1 saturated heterocycles. The number of hydrogen-bond acceptors (Lipinski definition) is 4. The highest BCUT2D eigenvalue weighted by Crippen LogP contribution is 2.34. The second-order valence-corrected chi connectivity index (χ2v) is 5.43. The van der Waals surface area contributed by atoms with Gasteiger partial charge in [-0.2, -0.15) is 0 Å². The maximum absolute atomic E-state index is 6.17. The number of benzene rings is 1. The Morgan fingerprint density at radius 1 is 1.50 bits per heavy atom. The van der Waals surface area contributed by atoms with Gasteiger partial charge in [0.2, 0.25) is 5.89 Å². The Morgan fingerprint density at radius 2 is 2.40 bits per heavy atom. The minimum atomic E-state index is -0.183. The van der Waals surface area contributed by atoms with Crippen LogP contribution < -0.4 is 10.1 Å². The fourth-order valence-corrected chi connectivity index (χ4v) is 2.68. The third kappa shape index (κ3) is 2.67. The fraction of sp³-hybridized carbons (Fsp3) is 0.400. The van der Waals surface area contributed by atoms with Crippen molar-refractivity contribution < 1.29 is 9.15 Å². The van der Waals surface area contributed by atoms with Crippen LogP contribution in [0, 0.1) is 12.8 Å². The molecule has 4 nitrogen and oxygen atoms in total. The Kier molecular flexibility index (Phi) is 3.94. The Hall–Kier alpha value is -1.52. The molecular weight excluding hydrogens is 276 g/mol. The van der Waals surface area contributed by atoms with Crippen molar-refractivity contribution >= 4 is 11.6 Å². The van der Waals surface area contributed by atoms with Gasteiger partial charge in [-0.05, 0) is 32.0 Å². The smallest absolute Gasteiger partial charge is 0.235 e. The first kappa shape index (κ1) is 13.5. The van der Waals surface area contributed by atoms with E-state index in [1.54, 1.807) is 12.5 Å². The molecule has 2 heterocycles. The topological polar surface area (TPSA) is 47.3 Å². The van der Waals surface area contributed by atoms with Gasteiger partial charge in [0, 0.05) is 23.0 Å². The predicted octanol–water partition coefficient (Wildman–Crippen LogP) is 3.37. The van der Waals surface area contributed by atoms with Crippen LogP contribution in [-0.2, 0) is 0 Å². The molecule has 0 saturated carbocycles. The van der Waals surface area contributed by atoms with Crippen LogP contribution in [0.1, 0.15) is 24.0 Å².